The van der Waals surface area contributed by atoms with Crippen molar-refractivity contribution in [3.8, 4) is 0 Å². The Kier molecular flexibility index (Phi) is 5.91. The number of rotatable bonds is 2. The second-order valence-electron chi connectivity index (χ2n) is 5.89. The van der Waals surface area contributed by atoms with E-state index in [1.807, 2.05) is 0 Å². The number of aryl methyl sites for hydroxylation is 1. The summed E-state index contributed by atoms with van der Waals surface area (Å²) in [7, 11) is 0. The highest BCUT2D eigenvalue weighted by atomic mass is 15.2. The van der Waals surface area contributed by atoms with E-state index in [1.54, 1.807) is 0 Å². The smallest absolute Gasteiger partial charge is 0.0366 e. The van der Waals surface area contributed by atoms with E-state index < -0.39 is 0 Å². The Morgan fingerprint density at radius 2 is 1.48 bits per heavy atom. The summed E-state index contributed by atoms with van der Waals surface area (Å²) < 4.78 is 2.35. The van der Waals surface area contributed by atoms with Gasteiger partial charge in [0.1, 0.15) is 0 Å². The molecule has 0 spiro atoms. The Morgan fingerprint density at radius 3 is 2.00 bits per heavy atom. The molecule has 21 heavy (non-hydrogen) atoms. The van der Waals surface area contributed by atoms with Crippen LogP contribution in [0.1, 0.15) is 44.7 Å². The quantitative estimate of drug-likeness (QED) is 0.749. The van der Waals surface area contributed by atoms with Crippen molar-refractivity contribution >= 4 is 5.69 Å². The Balaban J connectivity index is 0.000000497. The minimum Gasteiger partial charge on any atom is -0.371 e. The predicted molar refractivity (Wildman–Crippen MR) is 92.1 cm³/mol. The molecule has 1 aromatic carbocycles. The molecule has 0 N–H and O–H groups in total. The largest absolute Gasteiger partial charge is 0.371 e. The Labute approximate surface area is 129 Å². The summed E-state index contributed by atoms with van der Waals surface area (Å²) in [5.41, 5.74) is 2.70. The third-order valence-electron chi connectivity index (χ3n) is 3.91. The zero-order valence-electron chi connectivity index (χ0n) is 13.6. The summed E-state index contributed by atoms with van der Waals surface area (Å²) in [6.07, 6.45) is 8.10. The van der Waals surface area contributed by atoms with Gasteiger partial charge in [0.25, 0.3) is 0 Å². The van der Waals surface area contributed by atoms with E-state index in [0.29, 0.717) is 6.04 Å². The van der Waals surface area contributed by atoms with Gasteiger partial charge in [0.2, 0.25) is 0 Å². The minimum atomic E-state index is 0.682. The highest BCUT2D eigenvalue weighted by Gasteiger charge is 2.19. The number of nitrogens with zero attached hydrogens (tertiary/aromatic N) is 2. The Bertz CT molecular complexity index is 491. The van der Waals surface area contributed by atoms with E-state index in [9.17, 15) is 0 Å². The molecule has 3 rings (SSSR count). The second kappa shape index (κ2) is 7.92. The lowest BCUT2D eigenvalue weighted by molar-refractivity contribution is 0.397. The number of hydrogen-bond acceptors (Lipinski definition) is 1. The zero-order valence-corrected chi connectivity index (χ0v) is 13.6. The Hall–Kier alpha value is -1.70. The van der Waals surface area contributed by atoms with Crippen LogP contribution in [0.5, 0.6) is 0 Å². The van der Waals surface area contributed by atoms with Crippen molar-refractivity contribution in [2.75, 3.05) is 18.0 Å². The number of piperidine rings is 1. The molecule has 0 amide bonds. The number of aromatic nitrogens is 1. The van der Waals surface area contributed by atoms with E-state index in [4.69, 9.17) is 0 Å². The maximum absolute atomic E-state index is 2.50. The summed E-state index contributed by atoms with van der Waals surface area (Å²) in [5, 5.41) is 0. The van der Waals surface area contributed by atoms with E-state index in [0.717, 1.165) is 13.1 Å². The van der Waals surface area contributed by atoms with Gasteiger partial charge < -0.3 is 9.47 Å². The molecule has 114 valence electrons. The first-order valence-electron chi connectivity index (χ1n) is 8.18. The van der Waals surface area contributed by atoms with Crippen molar-refractivity contribution in [3.05, 3.63) is 54.4 Å². The van der Waals surface area contributed by atoms with Crippen molar-refractivity contribution in [2.24, 2.45) is 0 Å². The fraction of sp³-hybridized carbons (Fsp3) is 0.474. The zero-order chi connectivity index (χ0) is 15.1. The van der Waals surface area contributed by atoms with Crippen molar-refractivity contribution in [3.63, 3.8) is 0 Å². The normalized spacial score (nSPS) is 15.5. The first kappa shape index (κ1) is 15.7. The molecule has 0 radical (unpaired) electrons. The van der Waals surface area contributed by atoms with Crippen LogP contribution < -0.4 is 4.90 Å². The number of benzene rings is 1. The summed E-state index contributed by atoms with van der Waals surface area (Å²) in [6.45, 7) is 8.71. The van der Waals surface area contributed by atoms with Gasteiger partial charge in [0.05, 0.1) is 0 Å². The van der Waals surface area contributed by atoms with E-state index in [-0.39, 0.29) is 0 Å². The molecule has 1 aromatic heterocycles. The van der Waals surface area contributed by atoms with Crippen LogP contribution in [0.25, 0.3) is 0 Å². The van der Waals surface area contributed by atoms with Gasteiger partial charge in [-0.2, -0.15) is 0 Å². The van der Waals surface area contributed by atoms with Gasteiger partial charge in [0.15, 0.2) is 0 Å². The highest BCUT2D eigenvalue weighted by molar-refractivity contribution is 5.47. The van der Waals surface area contributed by atoms with Crippen LogP contribution >= 0.6 is 0 Å². The van der Waals surface area contributed by atoms with Gasteiger partial charge in [-0.3, -0.25) is 0 Å². The molecule has 0 saturated carbocycles. The summed E-state index contributed by atoms with van der Waals surface area (Å²) in [6, 6.07) is 13.8. The average Bonchev–Trinajstić information content (AvgIpc) is 3.03. The van der Waals surface area contributed by atoms with Gasteiger partial charge in [0, 0.05) is 37.2 Å². The van der Waals surface area contributed by atoms with Crippen molar-refractivity contribution < 1.29 is 0 Å². The third-order valence-corrected chi connectivity index (χ3v) is 3.91. The molecule has 2 aromatic rings. The van der Waals surface area contributed by atoms with Crippen LogP contribution in [0.15, 0.2) is 48.8 Å². The summed E-state index contributed by atoms with van der Waals surface area (Å²) in [4.78, 5) is 2.50. The molecule has 0 bridgehead atoms. The lowest BCUT2D eigenvalue weighted by atomic mass is 10.0. The third kappa shape index (κ3) is 4.38. The van der Waals surface area contributed by atoms with Crippen LogP contribution in [0, 0.1) is 6.92 Å². The van der Waals surface area contributed by atoms with Crippen molar-refractivity contribution in [1.82, 2.24) is 4.57 Å². The average molecular weight is 284 g/mol. The second-order valence-corrected chi connectivity index (χ2v) is 5.89. The first-order chi connectivity index (χ1) is 10.2. The minimum absolute atomic E-state index is 0.682. The van der Waals surface area contributed by atoms with Gasteiger partial charge in [-0.25, -0.2) is 0 Å². The fourth-order valence-electron chi connectivity index (χ4n) is 2.77. The molecule has 0 unspecified atom stereocenters. The van der Waals surface area contributed by atoms with E-state index in [2.05, 4.69) is 79.0 Å². The van der Waals surface area contributed by atoms with Crippen LogP contribution in [0.2, 0.25) is 0 Å². The van der Waals surface area contributed by atoms with Crippen molar-refractivity contribution in [2.45, 2.75) is 46.1 Å². The van der Waals surface area contributed by atoms with Crippen LogP contribution in [0.4, 0.5) is 5.69 Å². The SMILES string of the molecule is CCC.Cc1ccc(N2CCC(n3cccc3)CC2)cc1. The molecule has 1 aliphatic rings. The number of anilines is 1. The van der Waals surface area contributed by atoms with E-state index in [1.165, 1.54) is 30.5 Å². The fourth-order valence-corrected chi connectivity index (χ4v) is 2.77. The highest BCUT2D eigenvalue weighted by Crippen LogP contribution is 2.26. The van der Waals surface area contributed by atoms with E-state index >= 15 is 0 Å². The predicted octanol–water partition coefficient (Wildman–Crippen LogP) is 5.05. The monoisotopic (exact) mass is 284 g/mol. The maximum atomic E-state index is 2.50. The molecule has 1 fully saturated rings. The van der Waals surface area contributed by atoms with Gasteiger partial charge in [-0.1, -0.05) is 38.0 Å². The lowest BCUT2D eigenvalue weighted by Gasteiger charge is -2.34. The van der Waals surface area contributed by atoms with Crippen molar-refractivity contribution in [1.29, 1.82) is 0 Å². The maximum Gasteiger partial charge on any atom is 0.0366 e. The standard InChI is InChI=1S/C16H20N2.C3H8/c1-14-4-6-15(7-5-14)18-12-8-16(9-13-18)17-10-2-3-11-17;1-3-2/h2-7,10-11,16H,8-9,12-13H2,1H3;3H2,1-2H3. The molecular formula is C19H28N2. The molecule has 1 saturated heterocycles. The molecule has 0 aliphatic carbocycles. The molecular weight excluding hydrogens is 256 g/mol. The molecule has 1 aliphatic heterocycles. The lowest BCUT2D eigenvalue weighted by Crippen LogP contribution is -2.34. The molecule has 2 nitrogen and oxygen atoms in total. The molecule has 0 atom stereocenters. The van der Waals surface area contributed by atoms with Crippen LogP contribution in [-0.4, -0.2) is 17.7 Å². The number of hydrogen-bond donors (Lipinski definition) is 0. The molecule has 2 heterocycles. The van der Waals surface area contributed by atoms with Crippen LogP contribution in [0.3, 0.4) is 0 Å². The van der Waals surface area contributed by atoms with Gasteiger partial charge >= 0.3 is 0 Å². The topological polar surface area (TPSA) is 8.17 Å². The van der Waals surface area contributed by atoms with Gasteiger partial charge in [-0.05, 0) is 44.0 Å². The summed E-state index contributed by atoms with van der Waals surface area (Å²) >= 11 is 0. The molecule has 2 heteroatoms. The summed E-state index contributed by atoms with van der Waals surface area (Å²) in [5.74, 6) is 0. The van der Waals surface area contributed by atoms with Gasteiger partial charge in [-0.15, -0.1) is 0 Å². The Morgan fingerprint density at radius 1 is 0.952 bits per heavy atom. The first-order valence-corrected chi connectivity index (χ1v) is 8.18. The van der Waals surface area contributed by atoms with Crippen LogP contribution in [-0.2, 0) is 0 Å².